The molecule has 1 aromatic heterocycles. The number of alkyl halides is 2. The van der Waals surface area contributed by atoms with Crippen molar-refractivity contribution in [2.75, 3.05) is 0 Å². The summed E-state index contributed by atoms with van der Waals surface area (Å²) in [5.74, 6) is 0. The second-order valence-electron chi connectivity index (χ2n) is 3.76. The Labute approximate surface area is 92.7 Å². The van der Waals surface area contributed by atoms with Gasteiger partial charge in [-0.25, -0.2) is 8.78 Å². The molecule has 0 fully saturated rings. The number of ether oxygens (including phenoxy) is 1. The molecule has 0 aliphatic heterocycles. The summed E-state index contributed by atoms with van der Waals surface area (Å²) in [7, 11) is 0. The van der Waals surface area contributed by atoms with E-state index < -0.39 is 6.43 Å². The van der Waals surface area contributed by atoms with E-state index in [2.05, 4.69) is 14.7 Å². The number of hydrogen-bond donors (Lipinski definition) is 0. The van der Waals surface area contributed by atoms with Crippen molar-refractivity contribution in [3.05, 3.63) is 24.3 Å². The zero-order valence-corrected chi connectivity index (χ0v) is 9.35. The summed E-state index contributed by atoms with van der Waals surface area (Å²) in [6.45, 7) is 5.92. The maximum absolute atomic E-state index is 11.7. The second-order valence-corrected chi connectivity index (χ2v) is 3.76. The molecule has 0 aliphatic rings. The lowest BCUT2D eigenvalue weighted by Gasteiger charge is -2.14. The molecule has 16 heavy (non-hydrogen) atoms. The van der Waals surface area contributed by atoms with Crippen molar-refractivity contribution in [3.8, 4) is 0 Å². The Kier molecular flexibility index (Phi) is 6.14. The molecule has 0 saturated carbocycles. The van der Waals surface area contributed by atoms with Crippen LogP contribution in [0.25, 0.3) is 0 Å². The summed E-state index contributed by atoms with van der Waals surface area (Å²) in [5.41, 5.74) is -0.598. The van der Waals surface area contributed by atoms with E-state index in [0.717, 1.165) is 6.20 Å². The van der Waals surface area contributed by atoms with Gasteiger partial charge in [-0.05, 0) is 20.8 Å². The van der Waals surface area contributed by atoms with Crippen LogP contribution in [0.1, 0.15) is 32.9 Å². The van der Waals surface area contributed by atoms with Gasteiger partial charge in [0.2, 0.25) is 0 Å². The quantitative estimate of drug-likeness (QED) is 0.734. The maximum Gasteiger partial charge on any atom is 0.293 e. The van der Waals surface area contributed by atoms with E-state index >= 15 is 0 Å². The van der Waals surface area contributed by atoms with Crippen LogP contribution < -0.4 is 0 Å². The van der Waals surface area contributed by atoms with Gasteiger partial charge in [0.25, 0.3) is 12.9 Å². The van der Waals surface area contributed by atoms with E-state index in [0.29, 0.717) is 6.47 Å². The van der Waals surface area contributed by atoms with Crippen LogP contribution in [-0.4, -0.2) is 22.0 Å². The van der Waals surface area contributed by atoms with Gasteiger partial charge in [-0.2, -0.15) is 0 Å². The SMILES string of the molecule is CC(C)(C)OC=O.FC(F)c1cnccn1. The van der Waals surface area contributed by atoms with E-state index in [-0.39, 0.29) is 11.3 Å². The molecular formula is C10H14F2N2O2. The van der Waals surface area contributed by atoms with Gasteiger partial charge in [0.15, 0.2) is 0 Å². The fraction of sp³-hybridized carbons (Fsp3) is 0.500. The predicted molar refractivity (Wildman–Crippen MR) is 53.9 cm³/mol. The third-order valence-electron chi connectivity index (χ3n) is 1.21. The van der Waals surface area contributed by atoms with Crippen molar-refractivity contribution in [3.63, 3.8) is 0 Å². The molecule has 6 heteroatoms. The van der Waals surface area contributed by atoms with Crippen LogP contribution in [0.4, 0.5) is 8.78 Å². The van der Waals surface area contributed by atoms with Gasteiger partial charge in [0, 0.05) is 12.4 Å². The smallest absolute Gasteiger partial charge is 0.293 e. The summed E-state index contributed by atoms with van der Waals surface area (Å²) in [5, 5.41) is 0. The summed E-state index contributed by atoms with van der Waals surface area (Å²) in [6.07, 6.45) is 1.12. The molecule has 0 unspecified atom stereocenters. The molecule has 0 bridgehead atoms. The van der Waals surface area contributed by atoms with E-state index in [1.165, 1.54) is 12.4 Å². The van der Waals surface area contributed by atoms with Crippen molar-refractivity contribution in [2.45, 2.75) is 32.8 Å². The molecule has 0 aliphatic carbocycles. The number of rotatable bonds is 2. The van der Waals surface area contributed by atoms with Gasteiger partial charge in [0.1, 0.15) is 11.3 Å². The highest BCUT2D eigenvalue weighted by Crippen LogP contribution is 2.12. The molecule has 0 spiro atoms. The lowest BCUT2D eigenvalue weighted by Crippen LogP contribution is -2.17. The maximum atomic E-state index is 11.7. The zero-order chi connectivity index (χ0) is 12.6. The first kappa shape index (κ1) is 14.4. The Morgan fingerprint density at radius 3 is 2.19 bits per heavy atom. The Hall–Kier alpha value is -1.59. The van der Waals surface area contributed by atoms with Crippen molar-refractivity contribution < 1.29 is 18.3 Å². The summed E-state index contributed by atoms with van der Waals surface area (Å²) in [4.78, 5) is 16.4. The fourth-order valence-electron chi connectivity index (χ4n) is 0.568. The highest BCUT2D eigenvalue weighted by Gasteiger charge is 2.07. The highest BCUT2D eigenvalue weighted by atomic mass is 19.3. The highest BCUT2D eigenvalue weighted by molar-refractivity contribution is 5.37. The predicted octanol–water partition coefficient (Wildman–Crippen LogP) is 2.37. The lowest BCUT2D eigenvalue weighted by molar-refractivity contribution is -0.138. The lowest BCUT2D eigenvalue weighted by atomic mass is 10.2. The van der Waals surface area contributed by atoms with Gasteiger partial charge in [-0.3, -0.25) is 14.8 Å². The summed E-state index contributed by atoms with van der Waals surface area (Å²) >= 11 is 0. The Morgan fingerprint density at radius 1 is 1.38 bits per heavy atom. The molecule has 1 heterocycles. The third kappa shape index (κ3) is 7.78. The molecule has 0 saturated heterocycles. The van der Waals surface area contributed by atoms with Crippen LogP contribution in [0.3, 0.4) is 0 Å². The summed E-state index contributed by atoms with van der Waals surface area (Å²) in [6, 6.07) is 0. The molecule has 90 valence electrons. The number of hydrogen-bond acceptors (Lipinski definition) is 4. The van der Waals surface area contributed by atoms with Crippen molar-refractivity contribution in [1.82, 2.24) is 9.97 Å². The minimum absolute atomic E-state index is 0.280. The Balaban J connectivity index is 0.000000293. The third-order valence-corrected chi connectivity index (χ3v) is 1.21. The first-order valence-electron chi connectivity index (χ1n) is 4.52. The minimum Gasteiger partial charge on any atom is -0.462 e. The largest absolute Gasteiger partial charge is 0.462 e. The van der Waals surface area contributed by atoms with Gasteiger partial charge >= 0.3 is 0 Å². The fourth-order valence-corrected chi connectivity index (χ4v) is 0.568. The van der Waals surface area contributed by atoms with Crippen LogP contribution >= 0.6 is 0 Å². The van der Waals surface area contributed by atoms with Gasteiger partial charge < -0.3 is 4.74 Å². The van der Waals surface area contributed by atoms with Crippen LogP contribution in [0.5, 0.6) is 0 Å². The second kappa shape index (κ2) is 6.81. The van der Waals surface area contributed by atoms with Crippen LogP contribution in [0, 0.1) is 0 Å². The van der Waals surface area contributed by atoms with Crippen LogP contribution in [-0.2, 0) is 9.53 Å². The normalized spacial score (nSPS) is 10.4. The van der Waals surface area contributed by atoms with Crippen molar-refractivity contribution in [1.29, 1.82) is 0 Å². The molecule has 1 aromatic rings. The minimum atomic E-state index is -2.52. The Morgan fingerprint density at radius 2 is 2.00 bits per heavy atom. The Bertz CT molecular complexity index is 299. The first-order valence-corrected chi connectivity index (χ1v) is 4.52. The van der Waals surface area contributed by atoms with Gasteiger partial charge in [0.05, 0.1) is 6.20 Å². The topological polar surface area (TPSA) is 52.1 Å². The van der Waals surface area contributed by atoms with E-state index in [1.807, 2.05) is 20.8 Å². The molecule has 1 rings (SSSR count). The average molecular weight is 232 g/mol. The molecule has 0 radical (unpaired) electrons. The van der Waals surface area contributed by atoms with Crippen molar-refractivity contribution in [2.24, 2.45) is 0 Å². The number of carbonyl (C=O) groups excluding carboxylic acids is 1. The van der Waals surface area contributed by atoms with Crippen LogP contribution in [0.15, 0.2) is 18.6 Å². The zero-order valence-electron chi connectivity index (χ0n) is 9.35. The molecule has 0 N–H and O–H groups in total. The number of nitrogens with zero attached hydrogens (tertiary/aromatic N) is 2. The number of aromatic nitrogens is 2. The number of carbonyl (C=O) groups is 1. The molecule has 4 nitrogen and oxygen atoms in total. The first-order chi connectivity index (χ1) is 7.37. The molecule has 0 amide bonds. The average Bonchev–Trinajstić information content (AvgIpc) is 2.18. The van der Waals surface area contributed by atoms with Crippen molar-refractivity contribution >= 4 is 6.47 Å². The molecular weight excluding hydrogens is 218 g/mol. The molecule has 0 atom stereocenters. The molecule has 0 aromatic carbocycles. The van der Waals surface area contributed by atoms with E-state index in [4.69, 9.17) is 0 Å². The summed E-state index contributed by atoms with van der Waals surface area (Å²) < 4.78 is 27.9. The van der Waals surface area contributed by atoms with Gasteiger partial charge in [-0.15, -0.1) is 0 Å². The monoisotopic (exact) mass is 232 g/mol. The number of halogens is 2. The van der Waals surface area contributed by atoms with E-state index in [1.54, 1.807) is 0 Å². The van der Waals surface area contributed by atoms with E-state index in [9.17, 15) is 13.6 Å². The standard InChI is InChI=1S/C5H4F2N2.C5H10O2/c6-5(7)4-3-8-1-2-9-4;1-5(2,3)7-4-6/h1-3,5H;4H,1-3H3. The van der Waals surface area contributed by atoms with Crippen LogP contribution in [0.2, 0.25) is 0 Å². The van der Waals surface area contributed by atoms with Gasteiger partial charge in [-0.1, -0.05) is 0 Å².